The first kappa shape index (κ1) is 13.2. The molecule has 0 radical (unpaired) electrons. The Hall–Kier alpha value is -1.84. The standard InChI is InChI=1S/C16H19NO3/c18-14(11-5-4-6-12(9-11)15(19)20)17-13-10-16(13)7-2-1-3-8-16/h4-6,9,13H,1-3,7-8,10H2,(H,17,18)(H,19,20). The van der Waals surface area contributed by atoms with Crippen LogP contribution in [0.25, 0.3) is 0 Å². The summed E-state index contributed by atoms with van der Waals surface area (Å²) in [5.41, 5.74) is 0.932. The number of rotatable bonds is 3. The molecule has 0 heterocycles. The van der Waals surface area contributed by atoms with Gasteiger partial charge < -0.3 is 10.4 Å². The van der Waals surface area contributed by atoms with E-state index in [9.17, 15) is 9.59 Å². The summed E-state index contributed by atoms with van der Waals surface area (Å²) < 4.78 is 0. The third kappa shape index (κ3) is 2.42. The molecule has 0 saturated heterocycles. The van der Waals surface area contributed by atoms with Gasteiger partial charge in [-0.3, -0.25) is 4.79 Å². The number of hydrogen-bond acceptors (Lipinski definition) is 2. The Balaban J connectivity index is 1.65. The average molecular weight is 273 g/mol. The Labute approximate surface area is 118 Å². The highest BCUT2D eigenvalue weighted by molar-refractivity contribution is 5.97. The molecule has 1 amide bonds. The molecule has 1 unspecified atom stereocenters. The van der Waals surface area contributed by atoms with Gasteiger partial charge in [-0.05, 0) is 42.9 Å². The molecule has 2 N–H and O–H groups in total. The van der Waals surface area contributed by atoms with Crippen LogP contribution in [0.2, 0.25) is 0 Å². The van der Waals surface area contributed by atoms with Gasteiger partial charge in [0.1, 0.15) is 0 Å². The summed E-state index contributed by atoms with van der Waals surface area (Å²) in [6.45, 7) is 0. The van der Waals surface area contributed by atoms with Crippen LogP contribution in [0.15, 0.2) is 24.3 Å². The molecule has 106 valence electrons. The van der Waals surface area contributed by atoms with Gasteiger partial charge in [-0.1, -0.05) is 25.3 Å². The first-order valence-corrected chi connectivity index (χ1v) is 7.25. The second-order valence-corrected chi connectivity index (χ2v) is 6.04. The van der Waals surface area contributed by atoms with Gasteiger partial charge in [0, 0.05) is 11.6 Å². The molecule has 0 aliphatic heterocycles. The first-order valence-electron chi connectivity index (χ1n) is 7.25. The fraction of sp³-hybridized carbons (Fsp3) is 0.500. The van der Waals surface area contributed by atoms with Crippen molar-refractivity contribution in [3.05, 3.63) is 35.4 Å². The molecule has 2 aliphatic carbocycles. The zero-order chi connectivity index (χ0) is 14.2. The molecular formula is C16H19NO3. The van der Waals surface area contributed by atoms with Crippen molar-refractivity contribution in [2.24, 2.45) is 5.41 Å². The van der Waals surface area contributed by atoms with Gasteiger partial charge >= 0.3 is 5.97 Å². The second kappa shape index (κ2) is 4.93. The quantitative estimate of drug-likeness (QED) is 0.890. The van der Waals surface area contributed by atoms with Crippen LogP contribution in [-0.4, -0.2) is 23.0 Å². The number of hydrogen-bond donors (Lipinski definition) is 2. The van der Waals surface area contributed by atoms with Gasteiger partial charge in [-0.25, -0.2) is 4.79 Å². The van der Waals surface area contributed by atoms with Gasteiger partial charge in [-0.15, -0.1) is 0 Å². The lowest BCUT2D eigenvalue weighted by atomic mass is 9.86. The molecule has 1 aromatic rings. The first-order chi connectivity index (χ1) is 9.61. The summed E-state index contributed by atoms with van der Waals surface area (Å²) >= 11 is 0. The summed E-state index contributed by atoms with van der Waals surface area (Å²) in [6, 6.07) is 6.50. The van der Waals surface area contributed by atoms with Gasteiger partial charge in [0.05, 0.1) is 5.56 Å². The highest BCUT2D eigenvalue weighted by Gasteiger charge is 2.54. The number of aromatic carboxylic acids is 1. The van der Waals surface area contributed by atoms with Gasteiger partial charge in [0.15, 0.2) is 0 Å². The minimum atomic E-state index is -1.00. The van der Waals surface area contributed by atoms with E-state index in [0.717, 1.165) is 6.42 Å². The lowest BCUT2D eigenvalue weighted by Crippen LogP contribution is -2.30. The zero-order valence-corrected chi connectivity index (χ0v) is 11.4. The van der Waals surface area contributed by atoms with E-state index in [-0.39, 0.29) is 17.5 Å². The van der Waals surface area contributed by atoms with Crippen LogP contribution in [0.5, 0.6) is 0 Å². The summed E-state index contributed by atoms with van der Waals surface area (Å²) in [5, 5.41) is 12.0. The molecule has 2 saturated carbocycles. The Morgan fingerprint density at radius 1 is 1.15 bits per heavy atom. The number of amides is 1. The van der Waals surface area contributed by atoms with Gasteiger partial charge in [0.2, 0.25) is 0 Å². The van der Waals surface area contributed by atoms with E-state index < -0.39 is 5.97 Å². The van der Waals surface area contributed by atoms with E-state index in [1.54, 1.807) is 12.1 Å². The van der Waals surface area contributed by atoms with E-state index in [0.29, 0.717) is 11.0 Å². The molecule has 1 atom stereocenters. The molecule has 1 spiro atoms. The summed E-state index contributed by atoms with van der Waals surface area (Å²) in [4.78, 5) is 23.1. The molecule has 1 aromatic carbocycles. The Morgan fingerprint density at radius 2 is 1.85 bits per heavy atom. The topological polar surface area (TPSA) is 66.4 Å². The lowest BCUT2D eigenvalue weighted by molar-refractivity contribution is 0.0697. The van der Waals surface area contributed by atoms with Crippen molar-refractivity contribution in [3.63, 3.8) is 0 Å². The minimum absolute atomic E-state index is 0.152. The lowest BCUT2D eigenvalue weighted by Gasteiger charge is -2.22. The van der Waals surface area contributed by atoms with Crippen LogP contribution in [0.4, 0.5) is 0 Å². The Bertz CT molecular complexity index is 546. The van der Waals surface area contributed by atoms with Crippen LogP contribution < -0.4 is 5.32 Å². The number of nitrogens with one attached hydrogen (secondary N) is 1. The van der Waals surface area contributed by atoms with Crippen LogP contribution >= 0.6 is 0 Å². The van der Waals surface area contributed by atoms with E-state index in [1.165, 1.54) is 44.2 Å². The summed E-state index contributed by atoms with van der Waals surface area (Å²) in [7, 11) is 0. The number of benzene rings is 1. The Kier molecular flexibility index (Phi) is 3.24. The number of carboxylic acids is 1. The molecule has 2 aliphatic rings. The molecule has 4 heteroatoms. The normalized spacial score (nSPS) is 23.3. The zero-order valence-electron chi connectivity index (χ0n) is 11.4. The van der Waals surface area contributed by atoms with Crippen molar-refractivity contribution in [3.8, 4) is 0 Å². The molecule has 3 rings (SSSR count). The molecular weight excluding hydrogens is 254 g/mol. The van der Waals surface area contributed by atoms with E-state index in [2.05, 4.69) is 5.32 Å². The molecule has 2 fully saturated rings. The predicted octanol–water partition coefficient (Wildman–Crippen LogP) is 2.84. The molecule has 0 bridgehead atoms. The van der Waals surface area contributed by atoms with Gasteiger partial charge in [-0.2, -0.15) is 0 Å². The molecule has 4 nitrogen and oxygen atoms in total. The summed E-state index contributed by atoms with van der Waals surface area (Å²) in [6.07, 6.45) is 7.35. The average Bonchev–Trinajstić information content (AvgIpc) is 3.11. The van der Waals surface area contributed by atoms with Crippen LogP contribution in [0, 0.1) is 5.41 Å². The SMILES string of the molecule is O=C(O)c1cccc(C(=O)NC2CC23CCCCC3)c1. The maximum atomic E-state index is 12.2. The highest BCUT2D eigenvalue weighted by atomic mass is 16.4. The molecule has 0 aromatic heterocycles. The van der Waals surface area contributed by atoms with Crippen molar-refractivity contribution in [1.29, 1.82) is 0 Å². The second-order valence-electron chi connectivity index (χ2n) is 6.04. The summed E-state index contributed by atoms with van der Waals surface area (Å²) in [5.74, 6) is -1.16. The van der Waals surface area contributed by atoms with Crippen LogP contribution in [-0.2, 0) is 0 Å². The number of carbonyl (C=O) groups is 2. The monoisotopic (exact) mass is 273 g/mol. The maximum absolute atomic E-state index is 12.2. The number of carbonyl (C=O) groups excluding carboxylic acids is 1. The number of carboxylic acid groups (broad SMARTS) is 1. The Morgan fingerprint density at radius 3 is 2.55 bits per heavy atom. The molecule has 20 heavy (non-hydrogen) atoms. The van der Waals surface area contributed by atoms with E-state index >= 15 is 0 Å². The van der Waals surface area contributed by atoms with Crippen LogP contribution in [0.1, 0.15) is 59.2 Å². The minimum Gasteiger partial charge on any atom is -0.478 e. The van der Waals surface area contributed by atoms with E-state index in [1.807, 2.05) is 0 Å². The van der Waals surface area contributed by atoms with Crippen molar-refractivity contribution >= 4 is 11.9 Å². The van der Waals surface area contributed by atoms with Gasteiger partial charge in [0.25, 0.3) is 5.91 Å². The largest absolute Gasteiger partial charge is 0.478 e. The third-order valence-electron chi connectivity index (χ3n) is 4.72. The smallest absolute Gasteiger partial charge is 0.335 e. The van der Waals surface area contributed by atoms with E-state index in [4.69, 9.17) is 5.11 Å². The van der Waals surface area contributed by atoms with Crippen molar-refractivity contribution < 1.29 is 14.7 Å². The van der Waals surface area contributed by atoms with Crippen LogP contribution in [0.3, 0.4) is 0 Å². The fourth-order valence-corrected chi connectivity index (χ4v) is 3.40. The van der Waals surface area contributed by atoms with Crippen molar-refractivity contribution in [2.75, 3.05) is 0 Å². The fourth-order valence-electron chi connectivity index (χ4n) is 3.40. The highest BCUT2D eigenvalue weighted by Crippen LogP contribution is 2.56. The van der Waals surface area contributed by atoms with Crippen molar-refractivity contribution in [1.82, 2.24) is 5.32 Å². The third-order valence-corrected chi connectivity index (χ3v) is 4.72. The maximum Gasteiger partial charge on any atom is 0.335 e. The predicted molar refractivity (Wildman–Crippen MR) is 74.8 cm³/mol. The van der Waals surface area contributed by atoms with Crippen molar-refractivity contribution in [2.45, 2.75) is 44.6 Å².